The van der Waals surface area contributed by atoms with Gasteiger partial charge in [-0.3, -0.25) is 4.79 Å². The molecule has 2 aromatic rings. The molecule has 0 radical (unpaired) electrons. The number of sulfonamides is 1. The monoisotopic (exact) mass is 428 g/mol. The van der Waals surface area contributed by atoms with Crippen LogP contribution in [0.5, 0.6) is 0 Å². The van der Waals surface area contributed by atoms with Crippen molar-refractivity contribution < 1.29 is 17.9 Å². The summed E-state index contributed by atoms with van der Waals surface area (Å²) in [5.41, 5.74) is 0.973. The average Bonchev–Trinajstić information content (AvgIpc) is 2.68. The highest BCUT2D eigenvalue weighted by Crippen LogP contribution is 2.21. The highest BCUT2D eigenvalue weighted by atomic mass is 35.5. The van der Waals surface area contributed by atoms with E-state index in [1.165, 1.54) is 16.4 Å². The van der Waals surface area contributed by atoms with Crippen LogP contribution in [0.15, 0.2) is 47.4 Å². The van der Waals surface area contributed by atoms with Crippen LogP contribution in [0.25, 0.3) is 0 Å². The Hall–Kier alpha value is -1.64. The first-order valence-electron chi connectivity index (χ1n) is 8.28. The SMILES string of the molecule is O=C(NCc1ccc(Cl)cc1Cl)c1cccc(S(=O)(=O)N2CCOCC2)c1. The summed E-state index contributed by atoms with van der Waals surface area (Å²) >= 11 is 12.0. The number of nitrogens with one attached hydrogen (secondary N) is 1. The van der Waals surface area contributed by atoms with Gasteiger partial charge in [0, 0.05) is 35.2 Å². The molecule has 0 unspecified atom stereocenters. The van der Waals surface area contributed by atoms with Crippen molar-refractivity contribution in [2.45, 2.75) is 11.4 Å². The van der Waals surface area contributed by atoms with Crippen molar-refractivity contribution in [2.24, 2.45) is 0 Å². The Morgan fingerprint density at radius 2 is 1.85 bits per heavy atom. The molecule has 1 N–H and O–H groups in total. The first-order chi connectivity index (χ1) is 12.9. The predicted octanol–water partition coefficient (Wildman–Crippen LogP) is 2.94. The Bertz CT molecular complexity index is 944. The molecule has 1 aliphatic rings. The second-order valence-corrected chi connectivity index (χ2v) is 8.74. The largest absolute Gasteiger partial charge is 0.379 e. The second kappa shape index (κ2) is 8.58. The number of rotatable bonds is 5. The molecular formula is C18H18Cl2N2O4S. The molecule has 144 valence electrons. The minimum absolute atomic E-state index is 0.0848. The van der Waals surface area contributed by atoms with E-state index in [-0.39, 0.29) is 22.9 Å². The van der Waals surface area contributed by atoms with E-state index in [1.807, 2.05) is 0 Å². The fourth-order valence-corrected chi connectivity index (χ4v) is 4.61. The predicted molar refractivity (Wildman–Crippen MR) is 104 cm³/mol. The molecule has 2 aromatic carbocycles. The lowest BCUT2D eigenvalue weighted by Gasteiger charge is -2.26. The van der Waals surface area contributed by atoms with Gasteiger partial charge in [0.15, 0.2) is 0 Å². The number of hydrogen-bond acceptors (Lipinski definition) is 4. The number of ether oxygens (including phenoxy) is 1. The van der Waals surface area contributed by atoms with Gasteiger partial charge in [-0.15, -0.1) is 0 Å². The molecule has 1 saturated heterocycles. The van der Waals surface area contributed by atoms with E-state index in [4.69, 9.17) is 27.9 Å². The van der Waals surface area contributed by atoms with E-state index >= 15 is 0 Å². The number of amides is 1. The number of morpholine rings is 1. The van der Waals surface area contributed by atoms with E-state index < -0.39 is 10.0 Å². The molecule has 1 heterocycles. The summed E-state index contributed by atoms with van der Waals surface area (Å²) in [4.78, 5) is 12.5. The average molecular weight is 429 g/mol. The maximum atomic E-state index is 12.7. The zero-order chi connectivity index (χ0) is 19.4. The Kier molecular flexibility index (Phi) is 6.39. The third-order valence-corrected chi connectivity index (χ3v) is 6.64. The molecule has 9 heteroatoms. The van der Waals surface area contributed by atoms with Crippen LogP contribution in [-0.4, -0.2) is 44.9 Å². The fraction of sp³-hybridized carbons (Fsp3) is 0.278. The van der Waals surface area contributed by atoms with Crippen LogP contribution in [0.1, 0.15) is 15.9 Å². The fourth-order valence-electron chi connectivity index (χ4n) is 2.68. The minimum Gasteiger partial charge on any atom is -0.379 e. The van der Waals surface area contributed by atoms with Crippen LogP contribution >= 0.6 is 23.2 Å². The molecule has 0 spiro atoms. The highest BCUT2D eigenvalue weighted by molar-refractivity contribution is 7.89. The first-order valence-corrected chi connectivity index (χ1v) is 10.5. The zero-order valence-corrected chi connectivity index (χ0v) is 16.6. The molecule has 27 heavy (non-hydrogen) atoms. The molecule has 1 amide bonds. The number of carbonyl (C=O) groups excluding carboxylic acids is 1. The molecule has 0 bridgehead atoms. The van der Waals surface area contributed by atoms with E-state index in [9.17, 15) is 13.2 Å². The van der Waals surface area contributed by atoms with Gasteiger partial charge in [-0.25, -0.2) is 8.42 Å². The third kappa shape index (κ3) is 4.80. The maximum Gasteiger partial charge on any atom is 0.251 e. The Morgan fingerprint density at radius 3 is 2.56 bits per heavy atom. The van der Waals surface area contributed by atoms with Crippen molar-refractivity contribution >= 4 is 39.1 Å². The van der Waals surface area contributed by atoms with Crippen molar-refractivity contribution in [3.8, 4) is 0 Å². The molecule has 0 atom stereocenters. The van der Waals surface area contributed by atoms with Crippen LogP contribution in [0.4, 0.5) is 0 Å². The van der Waals surface area contributed by atoms with Crippen molar-refractivity contribution in [3.63, 3.8) is 0 Å². The number of benzene rings is 2. The van der Waals surface area contributed by atoms with Gasteiger partial charge < -0.3 is 10.1 Å². The number of carbonyl (C=O) groups is 1. The van der Waals surface area contributed by atoms with Crippen LogP contribution in [0.3, 0.4) is 0 Å². The van der Waals surface area contributed by atoms with E-state index in [2.05, 4.69) is 5.32 Å². The normalized spacial score (nSPS) is 15.5. The quantitative estimate of drug-likeness (QED) is 0.793. The van der Waals surface area contributed by atoms with Crippen molar-refractivity contribution in [1.82, 2.24) is 9.62 Å². The number of hydrogen-bond donors (Lipinski definition) is 1. The Balaban J connectivity index is 1.73. The summed E-state index contributed by atoms with van der Waals surface area (Å²) in [7, 11) is -3.66. The van der Waals surface area contributed by atoms with Gasteiger partial charge in [-0.2, -0.15) is 4.31 Å². The number of nitrogens with zero attached hydrogens (tertiary/aromatic N) is 1. The summed E-state index contributed by atoms with van der Waals surface area (Å²) in [6, 6.07) is 11.0. The third-order valence-electron chi connectivity index (χ3n) is 4.16. The van der Waals surface area contributed by atoms with E-state index in [1.54, 1.807) is 30.3 Å². The van der Waals surface area contributed by atoms with Crippen LogP contribution < -0.4 is 5.32 Å². The summed E-state index contributed by atoms with van der Waals surface area (Å²) in [6.07, 6.45) is 0. The molecule has 1 fully saturated rings. The highest BCUT2D eigenvalue weighted by Gasteiger charge is 2.26. The molecule has 6 nitrogen and oxygen atoms in total. The van der Waals surface area contributed by atoms with Gasteiger partial charge in [0.1, 0.15) is 0 Å². The Morgan fingerprint density at radius 1 is 1.11 bits per heavy atom. The van der Waals surface area contributed by atoms with Gasteiger partial charge >= 0.3 is 0 Å². The minimum atomic E-state index is -3.66. The lowest BCUT2D eigenvalue weighted by molar-refractivity contribution is 0.0730. The Labute approximate surface area is 168 Å². The summed E-state index contributed by atoms with van der Waals surface area (Å²) in [6.45, 7) is 1.53. The van der Waals surface area contributed by atoms with Gasteiger partial charge in [-0.05, 0) is 35.9 Å². The first kappa shape index (κ1) is 20.1. The lowest BCUT2D eigenvalue weighted by atomic mass is 10.2. The van der Waals surface area contributed by atoms with Crippen LogP contribution in [0, 0.1) is 0 Å². The maximum absolute atomic E-state index is 12.7. The van der Waals surface area contributed by atoms with Gasteiger partial charge in [0.25, 0.3) is 5.91 Å². The van der Waals surface area contributed by atoms with Crippen molar-refractivity contribution in [3.05, 3.63) is 63.6 Å². The molecule has 0 aliphatic carbocycles. The standard InChI is InChI=1S/C18H18Cl2N2O4S/c19-15-5-4-14(17(20)11-15)12-21-18(23)13-2-1-3-16(10-13)27(24,25)22-6-8-26-9-7-22/h1-5,10-11H,6-9,12H2,(H,21,23). The zero-order valence-electron chi connectivity index (χ0n) is 14.3. The molecule has 0 saturated carbocycles. The van der Waals surface area contributed by atoms with Gasteiger partial charge in [0.05, 0.1) is 18.1 Å². The summed E-state index contributed by atoms with van der Waals surface area (Å²) in [5, 5.41) is 3.70. The topological polar surface area (TPSA) is 75.7 Å². The lowest BCUT2D eigenvalue weighted by Crippen LogP contribution is -2.40. The van der Waals surface area contributed by atoms with Crippen LogP contribution in [0.2, 0.25) is 10.0 Å². The van der Waals surface area contributed by atoms with Crippen molar-refractivity contribution in [2.75, 3.05) is 26.3 Å². The second-order valence-electron chi connectivity index (χ2n) is 5.96. The summed E-state index contributed by atoms with van der Waals surface area (Å²) < 4.78 is 32.0. The number of halogens is 2. The van der Waals surface area contributed by atoms with Crippen molar-refractivity contribution in [1.29, 1.82) is 0 Å². The van der Waals surface area contributed by atoms with Gasteiger partial charge in [-0.1, -0.05) is 35.3 Å². The van der Waals surface area contributed by atoms with E-state index in [0.29, 0.717) is 41.9 Å². The molecule has 0 aromatic heterocycles. The van der Waals surface area contributed by atoms with Crippen LogP contribution in [-0.2, 0) is 21.3 Å². The molecule has 1 aliphatic heterocycles. The van der Waals surface area contributed by atoms with Gasteiger partial charge in [0.2, 0.25) is 10.0 Å². The summed E-state index contributed by atoms with van der Waals surface area (Å²) in [5.74, 6) is -0.389. The van der Waals surface area contributed by atoms with E-state index in [0.717, 1.165) is 0 Å². The molecular weight excluding hydrogens is 411 g/mol. The smallest absolute Gasteiger partial charge is 0.251 e. The molecule has 3 rings (SSSR count).